The minimum absolute atomic E-state index is 0.185. The molecule has 3 aromatic carbocycles. The second-order valence-electron chi connectivity index (χ2n) is 5.54. The molecule has 1 aliphatic heterocycles. The average molecular weight is 298 g/mol. The van der Waals surface area contributed by atoms with Gasteiger partial charge < -0.3 is 10.5 Å². The van der Waals surface area contributed by atoms with Gasteiger partial charge in [-0.3, -0.25) is 0 Å². The molecule has 0 unspecified atom stereocenters. The fourth-order valence-electron chi connectivity index (χ4n) is 3.18. The van der Waals surface area contributed by atoms with E-state index in [4.69, 9.17) is 10.5 Å². The smallest absolute Gasteiger partial charge is 0.205 e. The van der Waals surface area contributed by atoms with Crippen molar-refractivity contribution in [3.63, 3.8) is 0 Å². The lowest BCUT2D eigenvalue weighted by molar-refractivity contribution is 0.398. The summed E-state index contributed by atoms with van der Waals surface area (Å²) in [5.41, 5.74) is 8.52. The molecule has 0 bridgehead atoms. The van der Waals surface area contributed by atoms with Crippen LogP contribution in [0.25, 0.3) is 10.8 Å². The van der Waals surface area contributed by atoms with Crippen molar-refractivity contribution in [3.05, 3.63) is 89.3 Å². The Morgan fingerprint density at radius 1 is 0.913 bits per heavy atom. The molecule has 110 valence electrons. The summed E-state index contributed by atoms with van der Waals surface area (Å²) in [6.07, 6.45) is 0. The van der Waals surface area contributed by atoms with E-state index in [1.165, 1.54) is 0 Å². The summed E-state index contributed by atoms with van der Waals surface area (Å²) in [6.45, 7) is 0. The normalized spacial score (nSPS) is 16.6. The van der Waals surface area contributed by atoms with Crippen LogP contribution in [0, 0.1) is 11.3 Å². The number of allylic oxidation sites excluding steroid dienone is 1. The van der Waals surface area contributed by atoms with Crippen molar-refractivity contribution in [3.8, 4) is 11.8 Å². The van der Waals surface area contributed by atoms with Crippen LogP contribution in [0.15, 0.2) is 78.2 Å². The highest BCUT2D eigenvalue weighted by Gasteiger charge is 2.31. The van der Waals surface area contributed by atoms with Crippen molar-refractivity contribution < 1.29 is 4.74 Å². The van der Waals surface area contributed by atoms with Crippen LogP contribution < -0.4 is 10.5 Å². The van der Waals surface area contributed by atoms with Gasteiger partial charge in [-0.2, -0.15) is 5.26 Å². The minimum Gasteiger partial charge on any atom is -0.440 e. The summed E-state index contributed by atoms with van der Waals surface area (Å²) in [6, 6.07) is 24.3. The van der Waals surface area contributed by atoms with Crippen molar-refractivity contribution in [1.29, 1.82) is 5.26 Å². The number of rotatable bonds is 1. The zero-order valence-corrected chi connectivity index (χ0v) is 12.4. The molecule has 0 spiro atoms. The molecule has 0 saturated heterocycles. The minimum atomic E-state index is -0.199. The van der Waals surface area contributed by atoms with Crippen molar-refractivity contribution in [2.75, 3.05) is 0 Å². The predicted molar refractivity (Wildman–Crippen MR) is 89.7 cm³/mol. The number of nitrogens with two attached hydrogens (primary N) is 1. The fourth-order valence-corrected chi connectivity index (χ4v) is 3.18. The molecular weight excluding hydrogens is 284 g/mol. The van der Waals surface area contributed by atoms with E-state index < -0.39 is 0 Å². The Hall–Kier alpha value is -3.25. The molecule has 1 aliphatic rings. The van der Waals surface area contributed by atoms with E-state index in [0.717, 1.165) is 27.6 Å². The van der Waals surface area contributed by atoms with E-state index in [2.05, 4.69) is 12.1 Å². The second kappa shape index (κ2) is 5.19. The maximum absolute atomic E-state index is 9.56. The average Bonchev–Trinajstić information content (AvgIpc) is 2.61. The van der Waals surface area contributed by atoms with Gasteiger partial charge in [0.1, 0.15) is 17.4 Å². The fraction of sp³-hybridized carbons (Fsp3) is 0.0500. The van der Waals surface area contributed by atoms with Gasteiger partial charge in [-0.05, 0) is 10.9 Å². The predicted octanol–water partition coefficient (Wildman–Crippen LogP) is 4.06. The Kier molecular flexibility index (Phi) is 3.03. The zero-order chi connectivity index (χ0) is 15.8. The molecule has 4 rings (SSSR count). The van der Waals surface area contributed by atoms with Crippen LogP contribution >= 0.6 is 0 Å². The third kappa shape index (κ3) is 2.04. The summed E-state index contributed by atoms with van der Waals surface area (Å²) in [4.78, 5) is 0. The molecule has 0 saturated carbocycles. The van der Waals surface area contributed by atoms with Crippen LogP contribution in [0.2, 0.25) is 0 Å². The first-order valence-corrected chi connectivity index (χ1v) is 7.44. The molecule has 1 heterocycles. The molecule has 0 aromatic heterocycles. The maximum atomic E-state index is 9.56. The molecule has 3 heteroatoms. The van der Waals surface area contributed by atoms with Gasteiger partial charge in [0.25, 0.3) is 0 Å². The van der Waals surface area contributed by atoms with E-state index in [1.54, 1.807) is 0 Å². The number of nitriles is 1. The summed E-state index contributed by atoms with van der Waals surface area (Å²) in [5.74, 6) is 0.730. The third-order valence-electron chi connectivity index (χ3n) is 4.24. The van der Waals surface area contributed by atoms with Gasteiger partial charge in [-0.25, -0.2) is 0 Å². The monoisotopic (exact) mass is 298 g/mol. The molecule has 0 fully saturated rings. The molecule has 23 heavy (non-hydrogen) atoms. The van der Waals surface area contributed by atoms with E-state index in [1.807, 2.05) is 60.7 Å². The molecule has 0 aliphatic carbocycles. The van der Waals surface area contributed by atoms with E-state index in [9.17, 15) is 5.26 Å². The van der Waals surface area contributed by atoms with Gasteiger partial charge >= 0.3 is 0 Å². The van der Waals surface area contributed by atoms with Crippen LogP contribution in [0.1, 0.15) is 17.0 Å². The van der Waals surface area contributed by atoms with Crippen molar-refractivity contribution in [2.45, 2.75) is 5.92 Å². The van der Waals surface area contributed by atoms with Crippen LogP contribution in [0.5, 0.6) is 5.75 Å². The van der Waals surface area contributed by atoms with Gasteiger partial charge in [0.15, 0.2) is 0 Å². The first-order valence-electron chi connectivity index (χ1n) is 7.44. The molecule has 3 aromatic rings. The molecule has 3 nitrogen and oxygen atoms in total. The standard InChI is InChI=1S/C20H14N2O/c21-12-17-18(14-7-2-1-3-8-14)16-11-10-13-6-4-5-9-15(13)19(16)23-20(17)22/h1-11,18H,22H2/t18-/m0/s1. The first kappa shape index (κ1) is 13.4. The lowest BCUT2D eigenvalue weighted by atomic mass is 9.82. The van der Waals surface area contributed by atoms with Crippen molar-refractivity contribution in [1.82, 2.24) is 0 Å². The molecule has 2 N–H and O–H groups in total. The van der Waals surface area contributed by atoms with Crippen molar-refractivity contribution >= 4 is 10.8 Å². The second-order valence-corrected chi connectivity index (χ2v) is 5.54. The summed E-state index contributed by atoms with van der Waals surface area (Å²) in [5, 5.41) is 11.7. The number of hydrogen-bond acceptors (Lipinski definition) is 3. The number of fused-ring (bicyclic) bond motifs is 3. The quantitative estimate of drug-likeness (QED) is 0.737. The van der Waals surface area contributed by atoms with Gasteiger partial charge in [0.2, 0.25) is 5.88 Å². The largest absolute Gasteiger partial charge is 0.440 e. The summed E-state index contributed by atoms with van der Waals surface area (Å²) >= 11 is 0. The lowest BCUT2D eigenvalue weighted by Gasteiger charge is -2.27. The van der Waals surface area contributed by atoms with Crippen LogP contribution in [-0.2, 0) is 0 Å². The molecule has 0 radical (unpaired) electrons. The highest BCUT2D eigenvalue weighted by molar-refractivity contribution is 5.90. The third-order valence-corrected chi connectivity index (χ3v) is 4.24. The van der Waals surface area contributed by atoms with E-state index >= 15 is 0 Å². The number of hydrogen-bond donors (Lipinski definition) is 1. The first-order chi connectivity index (χ1) is 11.3. The van der Waals surface area contributed by atoms with Crippen LogP contribution in [-0.4, -0.2) is 0 Å². The van der Waals surface area contributed by atoms with Crippen LogP contribution in [0.3, 0.4) is 0 Å². The molecule has 1 atom stereocenters. The highest BCUT2D eigenvalue weighted by Crippen LogP contribution is 2.45. The van der Waals surface area contributed by atoms with E-state index in [-0.39, 0.29) is 11.8 Å². The van der Waals surface area contributed by atoms with Gasteiger partial charge in [0, 0.05) is 10.9 Å². The Morgan fingerprint density at radius 2 is 1.65 bits per heavy atom. The molecule has 0 amide bonds. The summed E-state index contributed by atoms with van der Waals surface area (Å²) in [7, 11) is 0. The Bertz CT molecular complexity index is 968. The maximum Gasteiger partial charge on any atom is 0.205 e. The Balaban J connectivity index is 2.03. The Labute approximate surface area is 134 Å². The van der Waals surface area contributed by atoms with E-state index in [0.29, 0.717) is 5.57 Å². The summed E-state index contributed by atoms with van der Waals surface area (Å²) < 4.78 is 5.84. The topological polar surface area (TPSA) is 59.0 Å². The van der Waals surface area contributed by atoms with Gasteiger partial charge in [0.05, 0.1) is 5.92 Å². The Morgan fingerprint density at radius 3 is 2.43 bits per heavy atom. The van der Waals surface area contributed by atoms with Crippen molar-refractivity contribution in [2.24, 2.45) is 5.73 Å². The molecular formula is C20H14N2O. The van der Waals surface area contributed by atoms with Crippen LogP contribution in [0.4, 0.5) is 0 Å². The number of ether oxygens (including phenoxy) is 1. The van der Waals surface area contributed by atoms with Gasteiger partial charge in [-0.1, -0.05) is 66.7 Å². The number of benzene rings is 3. The lowest BCUT2D eigenvalue weighted by Crippen LogP contribution is -2.21. The highest BCUT2D eigenvalue weighted by atomic mass is 16.5. The number of nitrogens with zero attached hydrogens (tertiary/aromatic N) is 1. The zero-order valence-electron chi connectivity index (χ0n) is 12.4. The SMILES string of the molecule is N#CC1=C(N)Oc2c(ccc3ccccc23)[C@@H]1c1ccccc1. The van der Waals surface area contributed by atoms with Gasteiger partial charge in [-0.15, -0.1) is 0 Å².